The van der Waals surface area contributed by atoms with E-state index in [0.717, 1.165) is 11.6 Å². The van der Waals surface area contributed by atoms with E-state index in [4.69, 9.17) is 0 Å². The van der Waals surface area contributed by atoms with Crippen LogP contribution in [0.1, 0.15) is 26.3 Å². The second-order valence-electron chi connectivity index (χ2n) is 8.60. The monoisotopic (exact) mass is 432 g/mol. The summed E-state index contributed by atoms with van der Waals surface area (Å²) >= 11 is 0. The summed E-state index contributed by atoms with van der Waals surface area (Å²) in [5.74, 6) is 0. The number of nitro groups is 1. The minimum atomic E-state index is -3.78. The predicted molar refractivity (Wildman–Crippen MR) is 118 cm³/mol. The molecular formula is C21H28N4O4S. The molecule has 1 heterocycles. The summed E-state index contributed by atoms with van der Waals surface area (Å²) in [6, 6.07) is 11.7. The third kappa shape index (κ3) is 4.80. The SMILES string of the molecule is CN1CCN(S(=O)(=O)c2ccc(Nc3ccc(C(C)(C)C)cc3)c([N+](=O)[O-])c2)CC1. The van der Waals surface area contributed by atoms with E-state index in [1.165, 1.54) is 16.4 Å². The molecule has 0 aromatic heterocycles. The van der Waals surface area contributed by atoms with E-state index in [1.54, 1.807) is 0 Å². The number of nitrogens with zero attached hydrogens (tertiary/aromatic N) is 3. The minimum Gasteiger partial charge on any atom is -0.350 e. The Morgan fingerprint density at radius 3 is 2.13 bits per heavy atom. The van der Waals surface area contributed by atoms with E-state index in [2.05, 4.69) is 26.1 Å². The van der Waals surface area contributed by atoms with Gasteiger partial charge in [0.15, 0.2) is 0 Å². The van der Waals surface area contributed by atoms with Crippen LogP contribution < -0.4 is 5.32 Å². The van der Waals surface area contributed by atoms with Crippen molar-refractivity contribution in [2.45, 2.75) is 31.1 Å². The highest BCUT2D eigenvalue weighted by molar-refractivity contribution is 7.89. The van der Waals surface area contributed by atoms with Crippen LogP contribution in [0, 0.1) is 10.1 Å². The van der Waals surface area contributed by atoms with Crippen molar-refractivity contribution < 1.29 is 13.3 Å². The Bertz CT molecular complexity index is 1020. The molecule has 0 radical (unpaired) electrons. The average Bonchev–Trinajstić information content (AvgIpc) is 2.68. The number of nitrogens with one attached hydrogen (secondary N) is 1. The number of anilines is 2. The zero-order valence-electron chi connectivity index (χ0n) is 17.8. The summed E-state index contributed by atoms with van der Waals surface area (Å²) in [6.45, 7) is 8.33. The topological polar surface area (TPSA) is 95.8 Å². The molecule has 0 saturated carbocycles. The maximum Gasteiger partial charge on any atom is 0.294 e. The molecule has 30 heavy (non-hydrogen) atoms. The molecule has 2 aromatic rings. The maximum atomic E-state index is 12.9. The van der Waals surface area contributed by atoms with Crippen molar-refractivity contribution in [3.63, 3.8) is 0 Å². The summed E-state index contributed by atoms with van der Waals surface area (Å²) in [4.78, 5) is 13.1. The molecule has 0 atom stereocenters. The molecule has 0 spiro atoms. The van der Waals surface area contributed by atoms with Gasteiger partial charge in [-0.3, -0.25) is 10.1 Å². The normalized spacial score (nSPS) is 16.4. The second kappa shape index (κ2) is 8.33. The number of piperazine rings is 1. The molecule has 1 saturated heterocycles. The standard InChI is InChI=1S/C21H28N4O4S/c1-21(2,3)16-5-7-17(8-6-16)22-19-10-9-18(15-20(19)25(26)27)30(28,29)24-13-11-23(4)12-14-24/h5-10,15,22H,11-14H2,1-4H3. The van der Waals surface area contributed by atoms with Crippen LogP contribution in [0.4, 0.5) is 17.1 Å². The molecule has 8 nitrogen and oxygen atoms in total. The molecule has 0 unspecified atom stereocenters. The summed E-state index contributed by atoms with van der Waals surface area (Å²) in [6.07, 6.45) is 0. The van der Waals surface area contributed by atoms with Gasteiger partial charge in [0.1, 0.15) is 5.69 Å². The first-order valence-electron chi connectivity index (χ1n) is 9.83. The molecule has 1 aliphatic heterocycles. The highest BCUT2D eigenvalue weighted by atomic mass is 32.2. The Kier molecular flexibility index (Phi) is 6.16. The van der Waals surface area contributed by atoms with E-state index >= 15 is 0 Å². The lowest BCUT2D eigenvalue weighted by molar-refractivity contribution is -0.384. The zero-order chi connectivity index (χ0) is 22.1. The Hall–Kier alpha value is -2.49. The van der Waals surface area contributed by atoms with Gasteiger partial charge in [0, 0.05) is 37.9 Å². The van der Waals surface area contributed by atoms with Crippen molar-refractivity contribution in [2.24, 2.45) is 0 Å². The van der Waals surface area contributed by atoms with Crippen molar-refractivity contribution in [1.82, 2.24) is 9.21 Å². The van der Waals surface area contributed by atoms with Gasteiger partial charge in [-0.25, -0.2) is 8.42 Å². The highest BCUT2D eigenvalue weighted by Crippen LogP contribution is 2.32. The average molecular weight is 433 g/mol. The maximum absolute atomic E-state index is 12.9. The lowest BCUT2D eigenvalue weighted by atomic mass is 9.87. The number of likely N-dealkylation sites (N-methyl/N-ethyl adjacent to an activating group) is 1. The van der Waals surface area contributed by atoms with Crippen LogP contribution in [0.15, 0.2) is 47.4 Å². The molecule has 0 aliphatic carbocycles. The van der Waals surface area contributed by atoms with Crippen LogP contribution in [0.25, 0.3) is 0 Å². The zero-order valence-corrected chi connectivity index (χ0v) is 18.6. The van der Waals surface area contributed by atoms with Crippen molar-refractivity contribution in [1.29, 1.82) is 0 Å². The summed E-state index contributed by atoms with van der Waals surface area (Å²) in [7, 11) is -1.84. The molecule has 1 aliphatic rings. The summed E-state index contributed by atoms with van der Waals surface area (Å²) in [5.41, 5.74) is 1.83. The first kappa shape index (κ1) is 22.2. The van der Waals surface area contributed by atoms with Crippen molar-refractivity contribution in [3.8, 4) is 0 Å². The predicted octanol–water partition coefficient (Wildman–Crippen LogP) is 3.57. The molecule has 1 N–H and O–H groups in total. The van der Waals surface area contributed by atoms with Gasteiger partial charge in [-0.2, -0.15) is 4.31 Å². The third-order valence-electron chi connectivity index (χ3n) is 5.30. The lowest BCUT2D eigenvalue weighted by Crippen LogP contribution is -2.47. The fourth-order valence-electron chi connectivity index (χ4n) is 3.32. The Morgan fingerprint density at radius 2 is 1.60 bits per heavy atom. The summed E-state index contributed by atoms with van der Waals surface area (Å²) < 4.78 is 27.2. The van der Waals surface area contributed by atoms with Gasteiger partial charge in [-0.1, -0.05) is 32.9 Å². The number of hydrogen-bond acceptors (Lipinski definition) is 6. The van der Waals surface area contributed by atoms with Crippen LogP contribution in [-0.2, 0) is 15.4 Å². The number of nitro benzene ring substituents is 1. The van der Waals surface area contributed by atoms with Crippen LogP contribution in [0.2, 0.25) is 0 Å². The van der Waals surface area contributed by atoms with Gasteiger partial charge in [-0.05, 0) is 42.3 Å². The van der Waals surface area contributed by atoms with Crippen molar-refractivity contribution >= 4 is 27.1 Å². The van der Waals surface area contributed by atoms with E-state index in [-0.39, 0.29) is 21.7 Å². The molecular weight excluding hydrogens is 404 g/mol. The largest absolute Gasteiger partial charge is 0.350 e. The van der Waals surface area contributed by atoms with Gasteiger partial charge in [-0.15, -0.1) is 0 Å². The number of benzene rings is 2. The van der Waals surface area contributed by atoms with E-state index in [1.807, 2.05) is 36.2 Å². The Labute approximate surface area is 177 Å². The van der Waals surface area contributed by atoms with Crippen LogP contribution >= 0.6 is 0 Å². The van der Waals surface area contributed by atoms with Crippen LogP contribution in [0.5, 0.6) is 0 Å². The van der Waals surface area contributed by atoms with Crippen LogP contribution in [0.3, 0.4) is 0 Å². The lowest BCUT2D eigenvalue weighted by Gasteiger charge is -2.31. The Morgan fingerprint density at radius 1 is 1.00 bits per heavy atom. The first-order chi connectivity index (χ1) is 14.0. The fraction of sp³-hybridized carbons (Fsp3) is 0.429. The smallest absolute Gasteiger partial charge is 0.294 e. The van der Waals surface area contributed by atoms with E-state index in [9.17, 15) is 18.5 Å². The molecule has 2 aromatic carbocycles. The van der Waals surface area contributed by atoms with Gasteiger partial charge in [0.25, 0.3) is 5.69 Å². The number of rotatable bonds is 5. The quantitative estimate of drug-likeness (QED) is 0.573. The molecule has 0 amide bonds. The third-order valence-corrected chi connectivity index (χ3v) is 7.19. The molecule has 3 rings (SSSR count). The van der Waals surface area contributed by atoms with Gasteiger partial charge < -0.3 is 10.2 Å². The van der Waals surface area contributed by atoms with Crippen LogP contribution in [-0.4, -0.2) is 55.8 Å². The van der Waals surface area contributed by atoms with Crippen molar-refractivity contribution in [2.75, 3.05) is 38.5 Å². The molecule has 9 heteroatoms. The fourth-order valence-corrected chi connectivity index (χ4v) is 4.76. The molecule has 162 valence electrons. The second-order valence-corrected chi connectivity index (χ2v) is 10.5. The van der Waals surface area contributed by atoms with Crippen molar-refractivity contribution in [3.05, 3.63) is 58.1 Å². The van der Waals surface area contributed by atoms with E-state index < -0.39 is 14.9 Å². The highest BCUT2D eigenvalue weighted by Gasteiger charge is 2.29. The van der Waals surface area contributed by atoms with Gasteiger partial charge in [0.2, 0.25) is 10.0 Å². The number of hydrogen-bond donors (Lipinski definition) is 1. The molecule has 1 fully saturated rings. The summed E-state index contributed by atoms with van der Waals surface area (Å²) in [5, 5.41) is 14.7. The number of sulfonamides is 1. The van der Waals surface area contributed by atoms with Gasteiger partial charge in [0.05, 0.1) is 9.82 Å². The molecule has 0 bridgehead atoms. The Balaban J connectivity index is 1.88. The minimum absolute atomic E-state index is 0.00376. The van der Waals surface area contributed by atoms with Gasteiger partial charge >= 0.3 is 0 Å². The van der Waals surface area contributed by atoms with E-state index in [0.29, 0.717) is 31.9 Å². The first-order valence-corrected chi connectivity index (χ1v) is 11.3.